The van der Waals surface area contributed by atoms with Crippen molar-refractivity contribution in [2.24, 2.45) is 5.92 Å². The van der Waals surface area contributed by atoms with Gasteiger partial charge in [0, 0.05) is 17.9 Å². The molecule has 0 amide bonds. The maximum absolute atomic E-state index is 11.8. The molecule has 0 aliphatic carbocycles. The lowest BCUT2D eigenvalue weighted by molar-refractivity contribution is 0.0600. The van der Waals surface area contributed by atoms with Crippen LogP contribution in [0.2, 0.25) is 0 Å². The van der Waals surface area contributed by atoms with Gasteiger partial charge in [0.15, 0.2) is 11.0 Å². The Balaban J connectivity index is 1.83. The molecule has 1 heterocycles. The van der Waals surface area contributed by atoms with E-state index in [0.717, 1.165) is 34.4 Å². The summed E-state index contributed by atoms with van der Waals surface area (Å²) in [6, 6.07) is 15.3. The summed E-state index contributed by atoms with van der Waals surface area (Å²) < 4.78 is 12.2. The lowest BCUT2D eigenvalue weighted by Crippen LogP contribution is -2.08. The topological polar surface area (TPSA) is 66.2 Å². The lowest BCUT2D eigenvalue weighted by Gasteiger charge is -2.13. The monoisotopic (exact) mass is 411 g/mol. The van der Waals surface area contributed by atoms with Crippen molar-refractivity contribution in [3.05, 3.63) is 59.7 Å². The largest absolute Gasteiger partial charge is 0.497 e. The summed E-state index contributed by atoms with van der Waals surface area (Å²) >= 11 is 1.61. The van der Waals surface area contributed by atoms with Crippen LogP contribution in [0.1, 0.15) is 29.8 Å². The van der Waals surface area contributed by atoms with E-state index in [1.54, 1.807) is 24.9 Å². The van der Waals surface area contributed by atoms with Gasteiger partial charge in [-0.05, 0) is 47.9 Å². The van der Waals surface area contributed by atoms with Crippen molar-refractivity contribution in [2.75, 3.05) is 14.2 Å². The number of methoxy groups -OCH3 is 2. The molecule has 29 heavy (non-hydrogen) atoms. The van der Waals surface area contributed by atoms with E-state index in [-0.39, 0.29) is 5.97 Å². The highest BCUT2D eigenvalue weighted by molar-refractivity contribution is 7.98. The molecule has 0 aliphatic heterocycles. The molecule has 0 aliphatic rings. The van der Waals surface area contributed by atoms with E-state index in [1.165, 1.54) is 7.11 Å². The third-order valence-electron chi connectivity index (χ3n) is 4.33. The summed E-state index contributed by atoms with van der Waals surface area (Å²) in [5.74, 6) is 2.45. The van der Waals surface area contributed by atoms with Crippen molar-refractivity contribution < 1.29 is 14.3 Å². The summed E-state index contributed by atoms with van der Waals surface area (Å²) in [7, 11) is 3.04. The van der Waals surface area contributed by atoms with Crippen molar-refractivity contribution in [3.63, 3.8) is 0 Å². The number of aromatic nitrogens is 3. The number of carbonyl (C=O) groups excluding carboxylic acids is 1. The molecule has 0 bridgehead atoms. The predicted molar refractivity (Wildman–Crippen MR) is 114 cm³/mol. The molecule has 3 aromatic rings. The Morgan fingerprint density at radius 3 is 2.52 bits per heavy atom. The standard InChI is InChI=1S/C22H25N3O3S/c1-15(2)13-25-20(17-8-10-19(27-3)11-9-17)23-24-22(25)29-14-16-6-5-7-18(12-16)21(26)28-4/h5-12,15H,13-14H2,1-4H3. The first-order valence-electron chi connectivity index (χ1n) is 9.39. The number of esters is 1. The molecular formula is C22H25N3O3S. The van der Waals surface area contributed by atoms with Crippen LogP contribution in [0.3, 0.4) is 0 Å². The fraction of sp³-hybridized carbons (Fsp3) is 0.318. The third-order valence-corrected chi connectivity index (χ3v) is 5.37. The van der Waals surface area contributed by atoms with E-state index in [1.807, 2.05) is 42.5 Å². The molecule has 7 heteroatoms. The molecule has 0 N–H and O–H groups in total. The number of ether oxygens (including phenoxy) is 2. The van der Waals surface area contributed by atoms with E-state index in [0.29, 0.717) is 17.2 Å². The van der Waals surface area contributed by atoms with Gasteiger partial charge in [0.25, 0.3) is 0 Å². The van der Waals surface area contributed by atoms with Gasteiger partial charge < -0.3 is 14.0 Å². The fourth-order valence-corrected chi connectivity index (χ4v) is 3.82. The van der Waals surface area contributed by atoms with Crippen LogP contribution >= 0.6 is 11.8 Å². The maximum Gasteiger partial charge on any atom is 0.337 e. The van der Waals surface area contributed by atoms with E-state index in [9.17, 15) is 4.79 Å². The van der Waals surface area contributed by atoms with Gasteiger partial charge in [-0.25, -0.2) is 4.79 Å². The highest BCUT2D eigenvalue weighted by atomic mass is 32.2. The highest BCUT2D eigenvalue weighted by Crippen LogP contribution is 2.28. The zero-order valence-electron chi connectivity index (χ0n) is 17.1. The van der Waals surface area contributed by atoms with Gasteiger partial charge in [-0.2, -0.15) is 0 Å². The number of thioether (sulfide) groups is 1. The van der Waals surface area contributed by atoms with Crippen molar-refractivity contribution >= 4 is 17.7 Å². The molecule has 3 rings (SSSR count). The zero-order valence-corrected chi connectivity index (χ0v) is 17.9. The van der Waals surface area contributed by atoms with Gasteiger partial charge in [-0.3, -0.25) is 0 Å². The van der Waals surface area contributed by atoms with Crippen molar-refractivity contribution in [2.45, 2.75) is 31.3 Å². The van der Waals surface area contributed by atoms with Crippen LogP contribution in [-0.2, 0) is 17.0 Å². The Morgan fingerprint density at radius 1 is 1.10 bits per heavy atom. The molecule has 0 unspecified atom stereocenters. The van der Waals surface area contributed by atoms with Crippen molar-refractivity contribution in [1.29, 1.82) is 0 Å². The molecule has 0 saturated carbocycles. The fourth-order valence-electron chi connectivity index (χ4n) is 2.93. The minimum atomic E-state index is -0.332. The molecular weight excluding hydrogens is 386 g/mol. The highest BCUT2D eigenvalue weighted by Gasteiger charge is 2.16. The molecule has 0 radical (unpaired) electrons. The molecule has 0 saturated heterocycles. The Morgan fingerprint density at radius 2 is 1.86 bits per heavy atom. The molecule has 2 aromatic carbocycles. The predicted octanol–water partition coefficient (Wildman–Crippen LogP) is 4.69. The summed E-state index contributed by atoms with van der Waals surface area (Å²) in [5.41, 5.74) is 2.58. The SMILES string of the molecule is COC(=O)c1cccc(CSc2nnc(-c3ccc(OC)cc3)n2CC(C)C)c1. The summed E-state index contributed by atoms with van der Waals surface area (Å²) in [5, 5.41) is 9.73. The van der Waals surface area contributed by atoms with Crippen LogP contribution in [0, 0.1) is 5.92 Å². The Bertz CT molecular complexity index is 968. The van der Waals surface area contributed by atoms with Gasteiger partial charge in [-0.1, -0.05) is 37.7 Å². The summed E-state index contributed by atoms with van der Waals surface area (Å²) in [6.07, 6.45) is 0. The van der Waals surface area contributed by atoms with E-state index in [2.05, 4.69) is 28.6 Å². The number of hydrogen-bond donors (Lipinski definition) is 0. The second-order valence-corrected chi connectivity index (χ2v) is 7.96. The van der Waals surface area contributed by atoms with E-state index in [4.69, 9.17) is 9.47 Å². The average Bonchev–Trinajstić information content (AvgIpc) is 3.13. The van der Waals surface area contributed by atoms with Gasteiger partial charge in [0.2, 0.25) is 0 Å². The minimum absolute atomic E-state index is 0.332. The molecule has 152 valence electrons. The van der Waals surface area contributed by atoms with Crippen LogP contribution in [0.4, 0.5) is 0 Å². The molecule has 6 nitrogen and oxygen atoms in total. The van der Waals surface area contributed by atoms with Crippen LogP contribution in [0.15, 0.2) is 53.7 Å². The van der Waals surface area contributed by atoms with Crippen molar-refractivity contribution in [3.8, 4) is 17.1 Å². The lowest BCUT2D eigenvalue weighted by atomic mass is 10.1. The van der Waals surface area contributed by atoms with Crippen LogP contribution in [-0.4, -0.2) is 35.0 Å². The number of hydrogen-bond acceptors (Lipinski definition) is 6. The molecule has 0 fully saturated rings. The number of rotatable bonds is 8. The Kier molecular flexibility index (Phi) is 6.93. The normalized spacial score (nSPS) is 10.9. The molecule has 0 atom stereocenters. The van der Waals surface area contributed by atoms with E-state index >= 15 is 0 Å². The van der Waals surface area contributed by atoms with E-state index < -0.39 is 0 Å². The summed E-state index contributed by atoms with van der Waals surface area (Å²) in [6.45, 7) is 5.16. The molecule has 0 spiro atoms. The summed E-state index contributed by atoms with van der Waals surface area (Å²) in [4.78, 5) is 11.8. The smallest absolute Gasteiger partial charge is 0.337 e. The van der Waals surface area contributed by atoms with Gasteiger partial charge in [-0.15, -0.1) is 10.2 Å². The maximum atomic E-state index is 11.8. The first kappa shape index (κ1) is 20.9. The van der Waals surface area contributed by atoms with Crippen LogP contribution in [0.25, 0.3) is 11.4 Å². The first-order chi connectivity index (χ1) is 14.0. The van der Waals surface area contributed by atoms with Gasteiger partial charge in [0.1, 0.15) is 5.75 Å². The number of benzene rings is 2. The minimum Gasteiger partial charge on any atom is -0.497 e. The second-order valence-electron chi connectivity index (χ2n) is 7.02. The van der Waals surface area contributed by atoms with Crippen LogP contribution in [0.5, 0.6) is 5.75 Å². The molecule has 1 aromatic heterocycles. The second kappa shape index (κ2) is 9.60. The number of nitrogens with zero attached hydrogens (tertiary/aromatic N) is 3. The average molecular weight is 412 g/mol. The van der Waals surface area contributed by atoms with Crippen LogP contribution < -0.4 is 4.74 Å². The first-order valence-corrected chi connectivity index (χ1v) is 10.4. The van der Waals surface area contributed by atoms with Gasteiger partial charge in [0.05, 0.1) is 19.8 Å². The third kappa shape index (κ3) is 5.17. The van der Waals surface area contributed by atoms with Gasteiger partial charge >= 0.3 is 5.97 Å². The van der Waals surface area contributed by atoms with Crippen molar-refractivity contribution in [1.82, 2.24) is 14.8 Å². The quantitative estimate of drug-likeness (QED) is 0.396. The Labute approximate surface area is 175 Å². The number of carbonyl (C=O) groups is 1. The zero-order chi connectivity index (χ0) is 20.8. The Hall–Kier alpha value is -2.80.